The summed E-state index contributed by atoms with van der Waals surface area (Å²) in [4.78, 5) is 9.47. The molecule has 2 fully saturated rings. The number of nitrogens with zero attached hydrogens (tertiary/aromatic N) is 6. The molecule has 2 saturated heterocycles. The van der Waals surface area contributed by atoms with E-state index >= 15 is 0 Å². The average molecular weight is 332 g/mol. The van der Waals surface area contributed by atoms with Crippen molar-refractivity contribution in [3.63, 3.8) is 0 Å². The highest BCUT2D eigenvalue weighted by molar-refractivity contribution is 7.09. The van der Waals surface area contributed by atoms with E-state index in [0.29, 0.717) is 5.92 Å². The van der Waals surface area contributed by atoms with Crippen LogP contribution in [0.2, 0.25) is 0 Å². The number of anilines is 2. The molecule has 2 aliphatic rings. The minimum atomic E-state index is 0.470. The van der Waals surface area contributed by atoms with Crippen LogP contribution in [0.5, 0.6) is 0 Å². The minimum Gasteiger partial charge on any atom is -0.381 e. The van der Waals surface area contributed by atoms with Crippen molar-refractivity contribution in [2.24, 2.45) is 0 Å². The van der Waals surface area contributed by atoms with Crippen molar-refractivity contribution >= 4 is 22.4 Å². The van der Waals surface area contributed by atoms with Crippen molar-refractivity contribution in [3.05, 3.63) is 24.3 Å². The summed E-state index contributed by atoms with van der Waals surface area (Å²) in [5, 5.41) is 8.85. The summed E-state index contributed by atoms with van der Waals surface area (Å²) in [7, 11) is 0. The monoisotopic (exact) mass is 332 g/mol. The summed E-state index contributed by atoms with van der Waals surface area (Å²) < 4.78 is 10.0. The first-order chi connectivity index (χ1) is 11.4. The van der Waals surface area contributed by atoms with Crippen LogP contribution in [-0.4, -0.2) is 58.9 Å². The van der Waals surface area contributed by atoms with E-state index in [2.05, 4.69) is 24.4 Å². The molecule has 4 rings (SSSR count). The summed E-state index contributed by atoms with van der Waals surface area (Å²) in [5.41, 5.74) is 1.14. The van der Waals surface area contributed by atoms with Crippen molar-refractivity contribution in [3.8, 4) is 0 Å². The molecule has 0 bridgehead atoms. The van der Waals surface area contributed by atoms with E-state index in [4.69, 9.17) is 9.72 Å². The molecule has 0 spiro atoms. The smallest absolute Gasteiger partial charge is 0.205 e. The summed E-state index contributed by atoms with van der Waals surface area (Å²) in [6, 6.07) is 2.01. The quantitative estimate of drug-likeness (QED) is 0.844. The molecule has 2 aromatic rings. The Bertz CT molecular complexity index is 622. The van der Waals surface area contributed by atoms with Crippen LogP contribution in [0, 0.1) is 0 Å². The van der Waals surface area contributed by atoms with Crippen molar-refractivity contribution in [1.82, 2.24) is 19.6 Å². The fraction of sp³-hybridized carbons (Fsp3) is 0.600. The Morgan fingerprint density at radius 2 is 1.83 bits per heavy atom. The molecule has 4 heterocycles. The highest BCUT2D eigenvalue weighted by atomic mass is 32.1. The lowest BCUT2D eigenvalue weighted by Gasteiger charge is -2.35. The van der Waals surface area contributed by atoms with Crippen LogP contribution >= 0.6 is 11.5 Å². The first-order valence-corrected chi connectivity index (χ1v) is 8.85. The second-order valence-electron chi connectivity index (χ2n) is 5.90. The maximum absolute atomic E-state index is 5.42. The molecule has 0 N–H and O–H groups in total. The van der Waals surface area contributed by atoms with Crippen LogP contribution in [0.15, 0.2) is 18.5 Å². The number of rotatable bonds is 3. The molecule has 2 aromatic heterocycles. The number of aromatic nitrogens is 4. The van der Waals surface area contributed by atoms with Gasteiger partial charge >= 0.3 is 0 Å². The lowest BCUT2D eigenvalue weighted by atomic mass is 10.00. The van der Waals surface area contributed by atoms with E-state index in [0.717, 1.165) is 68.9 Å². The van der Waals surface area contributed by atoms with Gasteiger partial charge in [0.05, 0.1) is 18.1 Å². The molecule has 0 amide bonds. The van der Waals surface area contributed by atoms with E-state index in [1.54, 1.807) is 6.20 Å². The molecule has 0 saturated carbocycles. The van der Waals surface area contributed by atoms with Crippen molar-refractivity contribution in [2.75, 3.05) is 49.2 Å². The van der Waals surface area contributed by atoms with E-state index in [-0.39, 0.29) is 0 Å². The van der Waals surface area contributed by atoms with Gasteiger partial charge in [0.1, 0.15) is 5.82 Å². The first kappa shape index (κ1) is 14.8. The molecule has 0 aliphatic carbocycles. The summed E-state index contributed by atoms with van der Waals surface area (Å²) in [6.45, 7) is 5.53. The van der Waals surface area contributed by atoms with Crippen LogP contribution in [0.25, 0.3) is 0 Å². The summed E-state index contributed by atoms with van der Waals surface area (Å²) in [5.74, 6) is 1.48. The molecule has 0 unspecified atom stereocenters. The third-order valence-electron chi connectivity index (χ3n) is 4.50. The fourth-order valence-corrected chi connectivity index (χ4v) is 3.90. The van der Waals surface area contributed by atoms with E-state index in [9.17, 15) is 0 Å². The van der Waals surface area contributed by atoms with E-state index < -0.39 is 0 Å². The lowest BCUT2D eigenvalue weighted by molar-refractivity contribution is 0.0838. The van der Waals surface area contributed by atoms with Gasteiger partial charge in [-0.2, -0.15) is 14.6 Å². The third-order valence-corrected chi connectivity index (χ3v) is 5.29. The van der Waals surface area contributed by atoms with Crippen molar-refractivity contribution in [1.29, 1.82) is 0 Å². The SMILES string of the molecule is c1cc(N2CCN(c3nc(C4CCOCC4)ns3)CC2)cnn1. The zero-order valence-corrected chi connectivity index (χ0v) is 13.8. The van der Waals surface area contributed by atoms with Gasteiger partial charge in [-0.15, -0.1) is 0 Å². The van der Waals surface area contributed by atoms with Gasteiger partial charge in [0.2, 0.25) is 5.13 Å². The Morgan fingerprint density at radius 1 is 1.04 bits per heavy atom. The molecule has 2 aliphatic heterocycles. The van der Waals surface area contributed by atoms with Gasteiger partial charge in [0.15, 0.2) is 0 Å². The number of piperazine rings is 1. The summed E-state index contributed by atoms with van der Waals surface area (Å²) in [6.07, 6.45) is 5.65. The zero-order chi connectivity index (χ0) is 15.5. The molecular formula is C15H20N6OS. The molecule has 0 aromatic carbocycles. The Kier molecular flexibility index (Phi) is 4.34. The van der Waals surface area contributed by atoms with Crippen LogP contribution in [-0.2, 0) is 4.74 Å². The normalized spacial score (nSPS) is 20.0. The minimum absolute atomic E-state index is 0.470. The predicted molar refractivity (Wildman–Crippen MR) is 89.2 cm³/mol. The second kappa shape index (κ2) is 6.76. The molecule has 0 radical (unpaired) electrons. The Balaban J connectivity index is 1.38. The Labute approximate surface area is 139 Å². The van der Waals surface area contributed by atoms with Crippen LogP contribution < -0.4 is 9.80 Å². The van der Waals surface area contributed by atoms with Gasteiger partial charge in [-0.25, -0.2) is 4.98 Å². The second-order valence-corrected chi connectivity index (χ2v) is 6.63. The molecule has 23 heavy (non-hydrogen) atoms. The van der Waals surface area contributed by atoms with Crippen molar-refractivity contribution < 1.29 is 4.74 Å². The van der Waals surface area contributed by atoms with E-state index in [1.807, 2.05) is 12.3 Å². The van der Waals surface area contributed by atoms with Gasteiger partial charge in [0.25, 0.3) is 0 Å². The topological polar surface area (TPSA) is 67.3 Å². The largest absolute Gasteiger partial charge is 0.381 e. The van der Waals surface area contributed by atoms with Crippen LogP contribution in [0.1, 0.15) is 24.6 Å². The molecular weight excluding hydrogens is 312 g/mol. The average Bonchev–Trinajstić information content (AvgIpc) is 3.14. The maximum atomic E-state index is 5.42. The predicted octanol–water partition coefficient (Wildman–Crippen LogP) is 1.55. The zero-order valence-electron chi connectivity index (χ0n) is 13.0. The molecule has 122 valence electrons. The highest BCUT2D eigenvalue weighted by Crippen LogP contribution is 2.29. The standard InChI is InChI=1S/C15H20N6OS/c1-4-16-17-11-13(1)20-5-7-21(8-6-20)15-18-14(19-23-15)12-2-9-22-10-3-12/h1,4,11-12H,2-3,5-10H2. The number of hydrogen-bond acceptors (Lipinski definition) is 8. The van der Waals surface area contributed by atoms with Crippen molar-refractivity contribution in [2.45, 2.75) is 18.8 Å². The third kappa shape index (κ3) is 3.28. The lowest BCUT2D eigenvalue weighted by Crippen LogP contribution is -2.46. The van der Waals surface area contributed by atoms with Gasteiger partial charge in [-0.1, -0.05) is 0 Å². The Morgan fingerprint density at radius 3 is 2.57 bits per heavy atom. The molecule has 8 heteroatoms. The van der Waals surface area contributed by atoms with E-state index in [1.165, 1.54) is 11.5 Å². The van der Waals surface area contributed by atoms with Crippen LogP contribution in [0.4, 0.5) is 10.8 Å². The Hall–Kier alpha value is -1.80. The van der Waals surface area contributed by atoms with Gasteiger partial charge < -0.3 is 14.5 Å². The summed E-state index contributed by atoms with van der Waals surface area (Å²) >= 11 is 1.53. The molecule has 7 nitrogen and oxygen atoms in total. The first-order valence-electron chi connectivity index (χ1n) is 8.08. The highest BCUT2D eigenvalue weighted by Gasteiger charge is 2.24. The number of hydrogen-bond donors (Lipinski definition) is 0. The van der Waals surface area contributed by atoms with Gasteiger partial charge in [-0.05, 0) is 18.9 Å². The fourth-order valence-electron chi connectivity index (χ4n) is 3.10. The maximum Gasteiger partial charge on any atom is 0.205 e. The number of ether oxygens (including phenoxy) is 1. The van der Waals surface area contributed by atoms with Crippen LogP contribution in [0.3, 0.4) is 0 Å². The molecule has 0 atom stereocenters. The van der Waals surface area contributed by atoms with Gasteiger partial charge in [0, 0.05) is 56.8 Å². The van der Waals surface area contributed by atoms with Gasteiger partial charge in [-0.3, -0.25) is 0 Å².